The molecule has 0 radical (unpaired) electrons. The van der Waals surface area contributed by atoms with Gasteiger partial charge in [-0.05, 0) is 32.3 Å². The fourth-order valence-electron chi connectivity index (χ4n) is 3.59. The van der Waals surface area contributed by atoms with Crippen molar-refractivity contribution in [2.24, 2.45) is 5.92 Å². The molecule has 1 aromatic rings. The van der Waals surface area contributed by atoms with Gasteiger partial charge in [0, 0.05) is 24.2 Å². The van der Waals surface area contributed by atoms with E-state index in [2.05, 4.69) is 0 Å². The van der Waals surface area contributed by atoms with Gasteiger partial charge in [-0.3, -0.25) is 14.9 Å². The lowest BCUT2D eigenvalue weighted by molar-refractivity contribution is -0.385. The van der Waals surface area contributed by atoms with E-state index in [1.165, 1.54) is 0 Å². The normalized spacial score (nSPS) is 22.1. The molecule has 10 nitrogen and oxygen atoms in total. The molecule has 0 spiro atoms. The molecule has 3 rings (SSSR count). The molecule has 152 valence electrons. The van der Waals surface area contributed by atoms with Crippen LogP contribution in [-0.4, -0.2) is 53.8 Å². The summed E-state index contributed by atoms with van der Waals surface area (Å²) in [5.41, 5.74) is -0.413. The quantitative estimate of drug-likeness (QED) is 0.425. The van der Waals surface area contributed by atoms with Gasteiger partial charge in [-0.2, -0.15) is 0 Å². The van der Waals surface area contributed by atoms with E-state index in [0.717, 1.165) is 23.1 Å². The van der Waals surface area contributed by atoms with Crippen LogP contribution in [0.15, 0.2) is 23.1 Å². The first-order valence-corrected chi connectivity index (χ1v) is 10.4. The number of hydrogen-bond donors (Lipinski definition) is 1. The van der Waals surface area contributed by atoms with Crippen LogP contribution in [0, 0.1) is 16.0 Å². The summed E-state index contributed by atoms with van der Waals surface area (Å²) in [6.07, 6.45) is -0.236. The third-order valence-corrected chi connectivity index (χ3v) is 7.36. The molecular formula is C17H20N2O8S. The molecule has 2 fully saturated rings. The predicted molar refractivity (Wildman–Crippen MR) is 95.5 cm³/mol. The van der Waals surface area contributed by atoms with Gasteiger partial charge < -0.3 is 14.7 Å². The van der Waals surface area contributed by atoms with Crippen LogP contribution >= 0.6 is 0 Å². The maximum atomic E-state index is 12.9. The maximum Gasteiger partial charge on any atom is 0.407 e. The topological polar surface area (TPSA) is 144 Å². The van der Waals surface area contributed by atoms with Crippen molar-refractivity contribution in [3.05, 3.63) is 33.9 Å². The first-order valence-electron chi connectivity index (χ1n) is 8.87. The van der Waals surface area contributed by atoms with Gasteiger partial charge in [-0.25, -0.2) is 13.2 Å². The molecule has 2 unspecified atom stereocenters. The van der Waals surface area contributed by atoms with Crippen molar-refractivity contribution in [1.29, 1.82) is 0 Å². The Bertz CT molecular complexity index is 925. The number of hydrogen-bond acceptors (Lipinski definition) is 7. The van der Waals surface area contributed by atoms with E-state index >= 15 is 0 Å². The lowest BCUT2D eigenvalue weighted by Gasteiger charge is -2.27. The number of carboxylic acid groups (broad SMARTS) is 1. The van der Waals surface area contributed by atoms with E-state index in [1.54, 1.807) is 6.92 Å². The number of likely N-dealkylation sites (tertiary alicyclic amines) is 1. The minimum atomic E-state index is -3.78. The molecular weight excluding hydrogens is 392 g/mol. The standard InChI is InChI=1S/C17H20N2O8S/c1-2-27-16(20)12-7-8-18(17(21)22)15(12)13-9-10(19(23)24)3-6-14(13)28(25,26)11-4-5-11/h3,6,9,11-12,15H,2,4-5,7-8H2,1H3,(H,21,22). The molecule has 1 aliphatic heterocycles. The lowest BCUT2D eigenvalue weighted by Crippen LogP contribution is -2.34. The highest BCUT2D eigenvalue weighted by molar-refractivity contribution is 7.92. The Hall–Kier alpha value is -2.69. The summed E-state index contributed by atoms with van der Waals surface area (Å²) < 4.78 is 30.8. The number of amides is 1. The van der Waals surface area contributed by atoms with Crippen LogP contribution in [0.4, 0.5) is 10.5 Å². The second kappa shape index (κ2) is 7.38. The van der Waals surface area contributed by atoms with Gasteiger partial charge in [0.1, 0.15) is 0 Å². The number of ether oxygens (including phenoxy) is 1. The van der Waals surface area contributed by atoms with Crippen LogP contribution in [-0.2, 0) is 19.4 Å². The minimum Gasteiger partial charge on any atom is -0.466 e. The molecule has 1 aliphatic carbocycles. The third-order valence-electron chi connectivity index (χ3n) is 5.03. The highest BCUT2D eigenvalue weighted by atomic mass is 32.2. The summed E-state index contributed by atoms with van der Waals surface area (Å²) in [5.74, 6) is -1.59. The van der Waals surface area contributed by atoms with Crippen LogP contribution in [0.25, 0.3) is 0 Å². The van der Waals surface area contributed by atoms with E-state index in [1.807, 2.05) is 0 Å². The molecule has 1 N–H and O–H groups in total. The van der Waals surface area contributed by atoms with Crippen LogP contribution in [0.1, 0.15) is 37.8 Å². The molecule has 28 heavy (non-hydrogen) atoms. The average Bonchev–Trinajstić information content (AvgIpc) is 3.40. The monoisotopic (exact) mass is 412 g/mol. The number of rotatable bonds is 6. The number of carbonyl (C=O) groups is 2. The Morgan fingerprint density at radius 1 is 1.32 bits per heavy atom. The fourth-order valence-corrected chi connectivity index (χ4v) is 5.47. The van der Waals surface area contributed by atoms with Crippen molar-refractivity contribution in [2.45, 2.75) is 42.4 Å². The zero-order valence-corrected chi connectivity index (χ0v) is 15.9. The van der Waals surface area contributed by atoms with E-state index in [9.17, 15) is 33.2 Å². The van der Waals surface area contributed by atoms with Crippen LogP contribution < -0.4 is 0 Å². The van der Waals surface area contributed by atoms with Crippen molar-refractivity contribution in [1.82, 2.24) is 4.90 Å². The Balaban J connectivity index is 2.18. The SMILES string of the molecule is CCOC(=O)C1CCN(C(=O)O)C1c1cc([N+](=O)[O-])ccc1S(=O)(=O)C1CC1. The number of carbonyl (C=O) groups excluding carboxylic acids is 1. The molecule has 0 aromatic heterocycles. The summed E-state index contributed by atoms with van der Waals surface area (Å²) in [7, 11) is -3.78. The number of nitro benzene ring substituents is 1. The Kier molecular flexibility index (Phi) is 5.28. The third kappa shape index (κ3) is 3.53. The average molecular weight is 412 g/mol. The molecule has 0 bridgehead atoms. The van der Waals surface area contributed by atoms with E-state index in [-0.39, 0.29) is 35.7 Å². The summed E-state index contributed by atoms with van der Waals surface area (Å²) in [4.78, 5) is 35.5. The molecule has 2 atom stereocenters. The lowest BCUT2D eigenvalue weighted by atomic mass is 9.93. The molecule has 1 saturated heterocycles. The zero-order valence-electron chi connectivity index (χ0n) is 15.1. The number of non-ortho nitro benzene ring substituents is 1. The highest BCUT2D eigenvalue weighted by Gasteiger charge is 2.47. The smallest absolute Gasteiger partial charge is 0.407 e. The van der Waals surface area contributed by atoms with Crippen molar-refractivity contribution in [3.63, 3.8) is 0 Å². The number of nitrogens with zero attached hydrogens (tertiary/aromatic N) is 2. The molecule has 1 aromatic carbocycles. The van der Waals surface area contributed by atoms with Crippen molar-refractivity contribution < 1.29 is 32.8 Å². The fraction of sp³-hybridized carbons (Fsp3) is 0.529. The first-order chi connectivity index (χ1) is 13.2. The maximum absolute atomic E-state index is 12.9. The second-order valence-electron chi connectivity index (χ2n) is 6.79. The Morgan fingerprint density at radius 2 is 2.00 bits per heavy atom. The highest BCUT2D eigenvalue weighted by Crippen LogP contribution is 2.44. The van der Waals surface area contributed by atoms with Gasteiger partial charge in [0.2, 0.25) is 0 Å². The minimum absolute atomic E-state index is 0.00487. The summed E-state index contributed by atoms with van der Waals surface area (Å²) in [5, 5.41) is 20.2. The number of nitro groups is 1. The Morgan fingerprint density at radius 3 is 2.54 bits per heavy atom. The Labute approximate surface area is 161 Å². The molecule has 1 saturated carbocycles. The largest absolute Gasteiger partial charge is 0.466 e. The van der Waals surface area contributed by atoms with E-state index < -0.39 is 44.0 Å². The number of sulfone groups is 1. The molecule has 1 heterocycles. The molecule has 2 aliphatic rings. The second-order valence-corrected chi connectivity index (χ2v) is 8.99. The van der Waals surface area contributed by atoms with Gasteiger partial charge in [0.15, 0.2) is 9.84 Å². The van der Waals surface area contributed by atoms with Gasteiger partial charge >= 0.3 is 12.1 Å². The van der Waals surface area contributed by atoms with Gasteiger partial charge in [0.05, 0.1) is 33.6 Å². The van der Waals surface area contributed by atoms with Crippen LogP contribution in [0.3, 0.4) is 0 Å². The first kappa shape index (κ1) is 20.1. The van der Waals surface area contributed by atoms with Crippen molar-refractivity contribution in [3.8, 4) is 0 Å². The molecule has 1 amide bonds. The summed E-state index contributed by atoms with van der Waals surface area (Å²) in [6, 6.07) is 2.12. The zero-order chi connectivity index (χ0) is 20.6. The van der Waals surface area contributed by atoms with Crippen molar-refractivity contribution >= 4 is 27.6 Å². The van der Waals surface area contributed by atoms with Crippen LogP contribution in [0.2, 0.25) is 0 Å². The van der Waals surface area contributed by atoms with E-state index in [4.69, 9.17) is 4.74 Å². The predicted octanol–water partition coefficient (Wildman–Crippen LogP) is 2.13. The number of esters is 1. The van der Waals surface area contributed by atoms with Gasteiger partial charge in [-0.15, -0.1) is 0 Å². The summed E-state index contributed by atoms with van der Waals surface area (Å²) in [6.45, 7) is 1.68. The van der Waals surface area contributed by atoms with Crippen LogP contribution in [0.5, 0.6) is 0 Å². The van der Waals surface area contributed by atoms with Gasteiger partial charge in [-0.1, -0.05) is 0 Å². The number of benzene rings is 1. The summed E-state index contributed by atoms with van der Waals surface area (Å²) >= 11 is 0. The van der Waals surface area contributed by atoms with Gasteiger partial charge in [0.25, 0.3) is 5.69 Å². The van der Waals surface area contributed by atoms with Crippen molar-refractivity contribution in [2.75, 3.05) is 13.2 Å². The molecule has 11 heteroatoms. The van der Waals surface area contributed by atoms with E-state index in [0.29, 0.717) is 12.8 Å².